The van der Waals surface area contributed by atoms with Crippen LogP contribution in [0.3, 0.4) is 0 Å². The van der Waals surface area contributed by atoms with Gasteiger partial charge in [0.15, 0.2) is 0 Å². The molecule has 294 valence electrons. The Morgan fingerprint density at radius 3 is 1.85 bits per heavy atom. The molecule has 2 aromatic carbocycles. The quantitative estimate of drug-likeness (QED) is 0.0999. The van der Waals surface area contributed by atoms with Crippen molar-refractivity contribution in [2.45, 2.75) is 110 Å². The number of alkyl carbamates (subject to hydrolysis) is 1. The third kappa shape index (κ3) is 8.76. The summed E-state index contributed by atoms with van der Waals surface area (Å²) in [5.41, 5.74) is 2.83. The fraction of sp³-hybridized carbons (Fsp3) is 0.475. The van der Waals surface area contributed by atoms with Crippen molar-refractivity contribution in [2.75, 3.05) is 13.1 Å². The van der Waals surface area contributed by atoms with Crippen LogP contribution in [-0.4, -0.2) is 99.1 Å². The average Bonchev–Trinajstić information content (AvgIpc) is 3.85. The molecule has 15 heteroatoms. The van der Waals surface area contributed by atoms with Crippen molar-refractivity contribution in [1.82, 2.24) is 25.1 Å². The number of nitrogens with one attached hydrogen (secondary N) is 3. The van der Waals surface area contributed by atoms with E-state index >= 15 is 0 Å². The van der Waals surface area contributed by atoms with Crippen LogP contribution in [0.15, 0.2) is 36.4 Å². The van der Waals surface area contributed by atoms with Gasteiger partial charge in [-0.25, -0.2) is 13.6 Å². The fourth-order valence-corrected chi connectivity index (χ4v) is 7.97. The van der Waals surface area contributed by atoms with Crippen LogP contribution in [0.4, 0.5) is 13.6 Å². The summed E-state index contributed by atoms with van der Waals surface area (Å²) in [7, 11) is 0. The minimum Gasteiger partial charge on any atom is -0.461 e. The van der Waals surface area contributed by atoms with Crippen LogP contribution >= 0.6 is 0 Å². The Kier molecular flexibility index (Phi) is 11.2. The summed E-state index contributed by atoms with van der Waals surface area (Å²) in [6, 6.07) is 6.95. The van der Waals surface area contributed by atoms with Gasteiger partial charge < -0.3 is 39.3 Å². The van der Waals surface area contributed by atoms with E-state index in [1.165, 1.54) is 38.1 Å². The van der Waals surface area contributed by atoms with Crippen molar-refractivity contribution in [3.63, 3.8) is 0 Å². The van der Waals surface area contributed by atoms with Crippen LogP contribution < -0.4 is 5.32 Å². The summed E-state index contributed by atoms with van der Waals surface area (Å²) in [4.78, 5) is 73.0. The third-order valence-electron chi connectivity index (χ3n) is 10.1. The zero-order chi connectivity index (χ0) is 39.8. The van der Waals surface area contributed by atoms with Gasteiger partial charge in [-0.3, -0.25) is 19.2 Å². The van der Waals surface area contributed by atoms with Gasteiger partial charge in [-0.1, -0.05) is 6.92 Å². The number of nitrogens with zero attached hydrogens (tertiary/aromatic N) is 2. The summed E-state index contributed by atoms with van der Waals surface area (Å²) in [5, 5.41) is 4.08. The number of benzene rings is 2. The van der Waals surface area contributed by atoms with Gasteiger partial charge in [0.25, 0.3) is 0 Å². The number of H-pyrrole nitrogens is 2. The maximum Gasteiger partial charge on any atom is 0.408 e. The number of likely N-dealkylation sites (tertiary alicyclic amines) is 2. The molecule has 0 aliphatic carbocycles. The number of aromatic amines is 2. The number of carbonyl (C=O) groups excluding carboxylic acids is 5. The average molecular weight is 764 g/mol. The molecule has 0 saturated carbocycles. The maximum atomic E-state index is 14.7. The van der Waals surface area contributed by atoms with Gasteiger partial charge >= 0.3 is 18.0 Å². The first-order valence-electron chi connectivity index (χ1n) is 18.5. The molecule has 4 aromatic rings. The number of halogens is 2. The number of hydrogen-bond acceptors (Lipinski definition) is 8. The minimum atomic E-state index is -0.928. The first-order chi connectivity index (χ1) is 26.0. The lowest BCUT2D eigenvalue weighted by Crippen LogP contribution is -2.51. The number of aromatic nitrogens is 2. The van der Waals surface area contributed by atoms with Gasteiger partial charge in [-0.2, -0.15) is 0 Å². The lowest BCUT2D eigenvalue weighted by molar-refractivity contribution is -0.147. The molecular formula is C40H47F2N5O8. The van der Waals surface area contributed by atoms with Gasteiger partial charge in [0.05, 0.1) is 24.5 Å². The van der Waals surface area contributed by atoms with E-state index in [0.29, 0.717) is 52.5 Å². The predicted octanol–water partition coefficient (Wildman–Crippen LogP) is 5.68. The second kappa shape index (κ2) is 15.7. The molecule has 2 aliphatic rings. The molecule has 4 heterocycles. The lowest BCUT2D eigenvalue weighted by atomic mass is 9.95. The van der Waals surface area contributed by atoms with E-state index in [-0.39, 0.29) is 37.9 Å². The SMILES string of the molecule is CCC(NC(=O)OC(C)(C)C)C(=O)N1CC(OC(C)=O)CC1Cc1c(-c2[nH]c3cc(F)ccc3c2CC2CC(OC(C)=O)CN2C=O)[nH]c2cc(F)ccc12. The van der Waals surface area contributed by atoms with Crippen molar-refractivity contribution in [3.8, 4) is 11.4 Å². The highest BCUT2D eigenvalue weighted by Crippen LogP contribution is 2.40. The number of carbonyl (C=O) groups is 5. The summed E-state index contributed by atoms with van der Waals surface area (Å²) < 4.78 is 45.9. The van der Waals surface area contributed by atoms with Crippen molar-refractivity contribution in [3.05, 3.63) is 59.2 Å². The molecule has 13 nitrogen and oxygen atoms in total. The van der Waals surface area contributed by atoms with Crippen molar-refractivity contribution in [2.24, 2.45) is 0 Å². The van der Waals surface area contributed by atoms with E-state index < -0.39 is 59.6 Å². The molecule has 2 aromatic heterocycles. The standard InChI is InChI=1S/C40H47F2N5O8/c1-7-33(45-39(52)55-40(4,5)6)38(51)47-19-28(54-22(3)50)15-26(47)17-32-30-11-9-24(42)13-35(30)44-37(32)36-31(29-10-8-23(41)12-34(29)43-36)16-25-14-27(53-21(2)49)18-46(25)20-48/h8-13,20,25-28,33,43-44H,7,14-19H2,1-6H3,(H,45,52). The molecule has 0 radical (unpaired) electrons. The number of fused-ring (bicyclic) bond motifs is 2. The molecule has 55 heavy (non-hydrogen) atoms. The molecule has 6 rings (SSSR count). The Bertz CT molecular complexity index is 2120. The third-order valence-corrected chi connectivity index (χ3v) is 10.1. The first-order valence-corrected chi connectivity index (χ1v) is 18.5. The topological polar surface area (TPSA) is 163 Å². The second-order valence-electron chi connectivity index (χ2n) is 15.4. The van der Waals surface area contributed by atoms with Gasteiger partial charge in [0.1, 0.15) is 35.5 Å². The van der Waals surface area contributed by atoms with Crippen LogP contribution in [0.2, 0.25) is 0 Å². The molecule has 0 spiro atoms. The smallest absolute Gasteiger partial charge is 0.408 e. The van der Waals surface area contributed by atoms with Crippen LogP contribution in [0.5, 0.6) is 0 Å². The van der Waals surface area contributed by atoms with Crippen LogP contribution in [-0.2, 0) is 46.2 Å². The van der Waals surface area contributed by atoms with E-state index in [9.17, 15) is 32.8 Å². The van der Waals surface area contributed by atoms with E-state index in [4.69, 9.17) is 14.2 Å². The Morgan fingerprint density at radius 2 is 1.36 bits per heavy atom. The van der Waals surface area contributed by atoms with E-state index in [2.05, 4.69) is 15.3 Å². The van der Waals surface area contributed by atoms with Crippen LogP contribution in [0.25, 0.3) is 33.2 Å². The molecule has 3 N–H and O–H groups in total. The zero-order valence-corrected chi connectivity index (χ0v) is 31.8. The van der Waals surface area contributed by atoms with E-state index in [1.54, 1.807) is 49.6 Å². The molecular weight excluding hydrogens is 716 g/mol. The highest BCUT2D eigenvalue weighted by molar-refractivity contribution is 5.96. The maximum absolute atomic E-state index is 14.7. The fourth-order valence-electron chi connectivity index (χ4n) is 7.97. The highest BCUT2D eigenvalue weighted by atomic mass is 19.1. The number of rotatable bonds is 11. The molecule has 0 bridgehead atoms. The van der Waals surface area contributed by atoms with E-state index in [1.807, 2.05) is 0 Å². The minimum absolute atomic E-state index is 0.0888. The van der Waals surface area contributed by atoms with Gasteiger partial charge in [-0.05, 0) is 87.6 Å². The number of amides is 3. The molecule has 2 saturated heterocycles. The molecule has 3 amide bonds. The highest BCUT2D eigenvalue weighted by Gasteiger charge is 2.41. The number of esters is 2. The molecule has 2 fully saturated rings. The lowest BCUT2D eigenvalue weighted by Gasteiger charge is -2.29. The van der Waals surface area contributed by atoms with Crippen LogP contribution in [0, 0.1) is 11.6 Å². The van der Waals surface area contributed by atoms with Crippen molar-refractivity contribution < 1.29 is 47.0 Å². The van der Waals surface area contributed by atoms with Crippen molar-refractivity contribution in [1.29, 1.82) is 0 Å². The summed E-state index contributed by atoms with van der Waals surface area (Å²) in [6.45, 7) is 9.88. The Hall–Kier alpha value is -5.47. The van der Waals surface area contributed by atoms with Gasteiger partial charge in [-0.15, -0.1) is 0 Å². The van der Waals surface area contributed by atoms with E-state index in [0.717, 1.165) is 17.5 Å². The number of hydrogen-bond donors (Lipinski definition) is 3. The molecule has 2 aliphatic heterocycles. The zero-order valence-electron chi connectivity index (χ0n) is 31.8. The first kappa shape index (κ1) is 39.2. The summed E-state index contributed by atoms with van der Waals surface area (Å²) in [6.07, 6.45) is 0.382. The summed E-state index contributed by atoms with van der Waals surface area (Å²) >= 11 is 0. The Balaban J connectivity index is 1.42. The Labute approximate surface area is 317 Å². The normalized spacial score (nSPS) is 20.5. The van der Waals surface area contributed by atoms with Gasteiger partial charge in [0.2, 0.25) is 12.3 Å². The molecule has 5 unspecified atom stereocenters. The van der Waals surface area contributed by atoms with Crippen LogP contribution in [0.1, 0.15) is 71.9 Å². The largest absolute Gasteiger partial charge is 0.461 e. The predicted molar refractivity (Wildman–Crippen MR) is 199 cm³/mol. The molecule has 5 atom stereocenters. The summed E-state index contributed by atoms with van der Waals surface area (Å²) in [5.74, 6) is -2.25. The second-order valence-corrected chi connectivity index (χ2v) is 15.4. The monoisotopic (exact) mass is 763 g/mol. The Morgan fingerprint density at radius 1 is 0.855 bits per heavy atom. The number of ether oxygens (including phenoxy) is 3. The van der Waals surface area contributed by atoms with Gasteiger partial charge in [0, 0.05) is 60.6 Å². The van der Waals surface area contributed by atoms with Crippen molar-refractivity contribution >= 4 is 52.2 Å².